The first-order valence-electron chi connectivity index (χ1n) is 11.4. The van der Waals surface area contributed by atoms with Crippen LogP contribution in [0.5, 0.6) is 11.5 Å². The van der Waals surface area contributed by atoms with Gasteiger partial charge in [-0.25, -0.2) is 9.18 Å². The number of urea groups is 1. The molecule has 2 amide bonds. The number of carbonyl (C=O) groups excluding carboxylic acids is 1. The Kier molecular flexibility index (Phi) is 6.34. The van der Waals surface area contributed by atoms with Crippen LogP contribution >= 0.6 is 0 Å². The molecule has 0 saturated heterocycles. The number of ether oxygens (including phenoxy) is 2. The quantitative estimate of drug-likeness (QED) is 0.425. The molecule has 5 rings (SSSR count). The van der Waals surface area contributed by atoms with E-state index in [0.29, 0.717) is 54.4 Å². The van der Waals surface area contributed by atoms with Crippen LogP contribution in [0.25, 0.3) is 10.9 Å². The number of nitrogens with zero attached hydrogens (tertiary/aromatic N) is 1. The third-order valence-corrected chi connectivity index (χ3v) is 5.84. The highest BCUT2D eigenvalue weighted by Crippen LogP contribution is 2.33. The monoisotopic (exact) mass is 473 g/mol. The summed E-state index contributed by atoms with van der Waals surface area (Å²) in [7, 11) is 0. The van der Waals surface area contributed by atoms with Gasteiger partial charge < -0.3 is 24.7 Å². The second-order valence-electron chi connectivity index (χ2n) is 8.30. The lowest BCUT2D eigenvalue weighted by molar-refractivity contribution is 0.172. The Hall–Kier alpha value is -4.33. The van der Waals surface area contributed by atoms with Gasteiger partial charge in [0.05, 0.1) is 12.1 Å². The van der Waals surface area contributed by atoms with Gasteiger partial charge in [0.2, 0.25) is 0 Å². The molecule has 0 fully saturated rings. The summed E-state index contributed by atoms with van der Waals surface area (Å²) < 4.78 is 24.5. The molecule has 1 aromatic heterocycles. The van der Waals surface area contributed by atoms with Crippen LogP contribution < -0.4 is 20.3 Å². The predicted molar refractivity (Wildman–Crippen MR) is 132 cm³/mol. The molecule has 7 nitrogen and oxygen atoms in total. The fourth-order valence-corrected chi connectivity index (χ4v) is 4.01. The number of aromatic nitrogens is 1. The number of H-pyrrole nitrogens is 1. The number of hydrogen-bond acceptors (Lipinski definition) is 4. The fraction of sp³-hybridized carbons (Fsp3) is 0.185. The van der Waals surface area contributed by atoms with Gasteiger partial charge in [0.15, 0.2) is 11.5 Å². The Balaban J connectivity index is 1.42. The van der Waals surface area contributed by atoms with Gasteiger partial charge in [-0.3, -0.25) is 4.79 Å². The van der Waals surface area contributed by atoms with E-state index in [2.05, 4.69) is 10.3 Å². The first-order chi connectivity index (χ1) is 17.0. The lowest BCUT2D eigenvalue weighted by Gasteiger charge is -2.23. The third kappa shape index (κ3) is 5.27. The van der Waals surface area contributed by atoms with Crippen LogP contribution in [0.2, 0.25) is 0 Å². The van der Waals surface area contributed by atoms with E-state index in [9.17, 15) is 14.0 Å². The van der Waals surface area contributed by atoms with Crippen LogP contribution in [0.4, 0.5) is 14.9 Å². The van der Waals surface area contributed by atoms with E-state index in [1.807, 2.05) is 36.4 Å². The number of rotatable bonds is 6. The van der Waals surface area contributed by atoms with Crippen molar-refractivity contribution in [3.63, 3.8) is 0 Å². The van der Waals surface area contributed by atoms with E-state index < -0.39 is 0 Å². The lowest BCUT2D eigenvalue weighted by Crippen LogP contribution is -2.37. The molecule has 0 radical (unpaired) electrons. The first-order valence-corrected chi connectivity index (χ1v) is 11.4. The number of amides is 2. The minimum atomic E-state index is -0.386. The van der Waals surface area contributed by atoms with Crippen molar-refractivity contribution in [1.29, 1.82) is 0 Å². The number of fused-ring (bicyclic) bond motifs is 2. The fourth-order valence-electron chi connectivity index (χ4n) is 4.01. The second-order valence-corrected chi connectivity index (χ2v) is 8.30. The molecule has 178 valence electrons. The predicted octanol–water partition coefficient (Wildman–Crippen LogP) is 4.72. The normalized spacial score (nSPS) is 12.4. The summed E-state index contributed by atoms with van der Waals surface area (Å²) in [6.45, 7) is 1.40. The van der Waals surface area contributed by atoms with Crippen molar-refractivity contribution in [2.24, 2.45) is 0 Å². The lowest BCUT2D eigenvalue weighted by atomic mass is 10.1. The molecular weight excluding hydrogens is 449 g/mol. The van der Waals surface area contributed by atoms with Crippen LogP contribution in [0.1, 0.15) is 11.1 Å². The van der Waals surface area contributed by atoms with E-state index in [-0.39, 0.29) is 24.0 Å². The molecule has 2 N–H and O–H groups in total. The van der Waals surface area contributed by atoms with E-state index in [1.165, 1.54) is 24.3 Å². The summed E-state index contributed by atoms with van der Waals surface area (Å²) in [6.07, 6.45) is 0.613. The highest BCUT2D eigenvalue weighted by molar-refractivity contribution is 5.89. The van der Waals surface area contributed by atoms with Gasteiger partial charge in [0.25, 0.3) is 5.56 Å². The van der Waals surface area contributed by atoms with Crippen molar-refractivity contribution in [1.82, 2.24) is 9.88 Å². The number of benzene rings is 3. The molecule has 2 heterocycles. The number of pyridine rings is 1. The van der Waals surface area contributed by atoms with Crippen molar-refractivity contribution in [2.45, 2.75) is 13.0 Å². The second kappa shape index (κ2) is 9.89. The van der Waals surface area contributed by atoms with Gasteiger partial charge in [-0.05, 0) is 48.4 Å². The Morgan fingerprint density at radius 3 is 2.43 bits per heavy atom. The molecule has 1 aliphatic rings. The van der Waals surface area contributed by atoms with Crippen molar-refractivity contribution in [2.75, 3.05) is 25.1 Å². The summed E-state index contributed by atoms with van der Waals surface area (Å²) in [5.41, 5.74) is 2.33. The SMILES string of the molecule is O=C(Nc1ccc(F)cc1)N(CCc1ccccc1)Cc1cc2cc3c(cc2[nH]c1=O)OCCO3. The highest BCUT2D eigenvalue weighted by atomic mass is 19.1. The molecule has 8 heteroatoms. The molecule has 0 saturated carbocycles. The van der Waals surface area contributed by atoms with Gasteiger partial charge in [-0.15, -0.1) is 0 Å². The zero-order valence-corrected chi connectivity index (χ0v) is 18.9. The third-order valence-electron chi connectivity index (χ3n) is 5.84. The van der Waals surface area contributed by atoms with Crippen molar-refractivity contribution < 1.29 is 18.7 Å². The first kappa shape index (κ1) is 22.5. The average Bonchev–Trinajstić information content (AvgIpc) is 2.87. The van der Waals surface area contributed by atoms with E-state index >= 15 is 0 Å². The number of nitrogens with one attached hydrogen (secondary N) is 2. The van der Waals surface area contributed by atoms with Gasteiger partial charge in [-0.1, -0.05) is 30.3 Å². The van der Waals surface area contributed by atoms with E-state index in [1.54, 1.807) is 17.0 Å². The largest absolute Gasteiger partial charge is 0.486 e. The van der Waals surface area contributed by atoms with E-state index in [4.69, 9.17) is 9.47 Å². The summed E-state index contributed by atoms with van der Waals surface area (Å²) in [6, 6.07) is 20.3. The maximum Gasteiger partial charge on any atom is 0.322 e. The summed E-state index contributed by atoms with van der Waals surface area (Å²) in [4.78, 5) is 30.5. The summed E-state index contributed by atoms with van der Waals surface area (Å²) in [5.74, 6) is 0.829. The van der Waals surface area contributed by atoms with Gasteiger partial charge in [-0.2, -0.15) is 0 Å². The minimum absolute atomic E-state index is 0.0968. The molecule has 3 aromatic carbocycles. The van der Waals surface area contributed by atoms with Crippen LogP contribution in [0, 0.1) is 5.82 Å². The zero-order valence-electron chi connectivity index (χ0n) is 18.9. The van der Waals surface area contributed by atoms with Crippen LogP contribution in [-0.4, -0.2) is 35.7 Å². The summed E-state index contributed by atoms with van der Waals surface area (Å²) in [5, 5.41) is 3.58. The average molecular weight is 474 g/mol. The van der Waals surface area contributed by atoms with Gasteiger partial charge >= 0.3 is 6.03 Å². The topological polar surface area (TPSA) is 83.7 Å². The number of halogens is 1. The van der Waals surface area contributed by atoms with Crippen LogP contribution in [0.15, 0.2) is 77.6 Å². The van der Waals surface area contributed by atoms with Crippen molar-refractivity contribution >= 4 is 22.6 Å². The summed E-state index contributed by atoms with van der Waals surface area (Å²) >= 11 is 0. The zero-order chi connectivity index (χ0) is 24.2. The number of anilines is 1. The molecule has 1 aliphatic heterocycles. The van der Waals surface area contributed by atoms with Gasteiger partial charge in [0.1, 0.15) is 19.0 Å². The molecule has 35 heavy (non-hydrogen) atoms. The van der Waals surface area contributed by atoms with Crippen LogP contribution in [-0.2, 0) is 13.0 Å². The molecule has 0 bridgehead atoms. The van der Waals surface area contributed by atoms with Crippen LogP contribution in [0.3, 0.4) is 0 Å². The van der Waals surface area contributed by atoms with Crippen molar-refractivity contribution in [3.05, 3.63) is 100 Å². The maximum atomic E-state index is 13.3. The molecule has 0 aliphatic carbocycles. The number of carbonyl (C=O) groups is 1. The molecular formula is C27H24FN3O4. The molecule has 0 atom stereocenters. The Bertz CT molecular complexity index is 1400. The Morgan fingerprint density at radius 1 is 0.971 bits per heavy atom. The van der Waals surface area contributed by atoms with E-state index in [0.717, 1.165) is 10.9 Å². The smallest absolute Gasteiger partial charge is 0.322 e. The number of hydrogen-bond donors (Lipinski definition) is 2. The molecule has 0 spiro atoms. The maximum absolute atomic E-state index is 13.3. The Morgan fingerprint density at radius 2 is 1.69 bits per heavy atom. The highest BCUT2D eigenvalue weighted by Gasteiger charge is 2.18. The number of aromatic amines is 1. The van der Waals surface area contributed by atoms with Gasteiger partial charge in [0, 0.05) is 29.2 Å². The van der Waals surface area contributed by atoms with Crippen molar-refractivity contribution in [3.8, 4) is 11.5 Å². The Labute approximate surface area is 201 Å². The molecule has 4 aromatic rings. The minimum Gasteiger partial charge on any atom is -0.486 e. The molecule has 0 unspecified atom stereocenters. The standard InChI is InChI=1S/C27H24FN3O4/c28-21-6-8-22(9-7-21)29-27(33)31(11-10-18-4-2-1-3-5-18)17-20-14-19-15-24-25(35-13-12-34-24)16-23(19)30-26(20)32/h1-9,14-16H,10-13,17H2,(H,29,33)(H,30,32).